The van der Waals surface area contributed by atoms with Crippen molar-refractivity contribution < 1.29 is 23.1 Å². The molecule has 0 spiro atoms. The van der Waals surface area contributed by atoms with Crippen molar-refractivity contribution in [2.24, 2.45) is 0 Å². The van der Waals surface area contributed by atoms with Gasteiger partial charge in [-0.25, -0.2) is 0 Å². The SMILES string of the molecule is CCCCCCCCCCCCOC(=O)CP(=O)(OCC)OCC. The van der Waals surface area contributed by atoms with Crippen molar-refractivity contribution in [3.63, 3.8) is 0 Å². The van der Waals surface area contributed by atoms with E-state index in [9.17, 15) is 9.36 Å². The molecule has 0 bridgehead atoms. The molecule has 24 heavy (non-hydrogen) atoms. The van der Waals surface area contributed by atoms with Gasteiger partial charge in [-0.05, 0) is 20.3 Å². The number of esters is 1. The van der Waals surface area contributed by atoms with Gasteiger partial charge in [-0.2, -0.15) is 0 Å². The van der Waals surface area contributed by atoms with Gasteiger partial charge in [0, 0.05) is 0 Å². The van der Waals surface area contributed by atoms with E-state index in [0.29, 0.717) is 6.61 Å². The van der Waals surface area contributed by atoms with Crippen LogP contribution in [-0.4, -0.2) is 32.0 Å². The molecule has 0 atom stereocenters. The quantitative estimate of drug-likeness (QED) is 0.188. The van der Waals surface area contributed by atoms with Crippen LogP contribution in [0.3, 0.4) is 0 Å². The molecule has 0 aliphatic heterocycles. The van der Waals surface area contributed by atoms with Gasteiger partial charge in [-0.1, -0.05) is 64.7 Å². The van der Waals surface area contributed by atoms with Crippen molar-refractivity contribution in [3.8, 4) is 0 Å². The lowest BCUT2D eigenvalue weighted by atomic mass is 10.1. The molecule has 0 aliphatic rings. The molecular weight excluding hydrogens is 327 g/mol. The summed E-state index contributed by atoms with van der Waals surface area (Å²) in [5.74, 6) is -0.504. The molecule has 6 heteroatoms. The highest BCUT2D eigenvalue weighted by Crippen LogP contribution is 2.47. The Hall–Kier alpha value is -0.380. The molecule has 0 heterocycles. The minimum absolute atomic E-state index is 0.253. The van der Waals surface area contributed by atoms with E-state index in [2.05, 4.69) is 6.92 Å². The maximum atomic E-state index is 12.2. The van der Waals surface area contributed by atoms with E-state index in [4.69, 9.17) is 13.8 Å². The summed E-state index contributed by atoms with van der Waals surface area (Å²) < 4.78 is 27.5. The van der Waals surface area contributed by atoms with Crippen molar-refractivity contribution in [2.75, 3.05) is 26.0 Å². The first kappa shape index (κ1) is 23.6. The Labute approximate surface area is 148 Å². The van der Waals surface area contributed by atoms with E-state index < -0.39 is 13.6 Å². The fourth-order valence-electron chi connectivity index (χ4n) is 2.50. The minimum Gasteiger partial charge on any atom is -0.465 e. The van der Waals surface area contributed by atoms with E-state index in [1.807, 2.05) is 0 Å². The fraction of sp³-hybridized carbons (Fsp3) is 0.944. The van der Waals surface area contributed by atoms with Gasteiger partial charge in [0.05, 0.1) is 19.8 Å². The number of rotatable bonds is 17. The number of hydrogen-bond donors (Lipinski definition) is 0. The lowest BCUT2D eigenvalue weighted by molar-refractivity contribution is -0.141. The summed E-state index contributed by atoms with van der Waals surface area (Å²) in [5, 5.41) is 0. The van der Waals surface area contributed by atoms with Gasteiger partial charge in [0.25, 0.3) is 0 Å². The summed E-state index contributed by atoms with van der Waals surface area (Å²) in [4.78, 5) is 11.7. The van der Waals surface area contributed by atoms with Crippen molar-refractivity contribution >= 4 is 13.6 Å². The molecule has 0 rings (SSSR count). The van der Waals surface area contributed by atoms with Gasteiger partial charge in [-0.15, -0.1) is 0 Å². The third kappa shape index (κ3) is 14.0. The number of ether oxygens (including phenoxy) is 1. The van der Waals surface area contributed by atoms with Crippen molar-refractivity contribution in [3.05, 3.63) is 0 Å². The second-order valence-corrected chi connectivity index (χ2v) is 8.06. The summed E-state index contributed by atoms with van der Waals surface area (Å²) in [6, 6.07) is 0. The predicted molar refractivity (Wildman–Crippen MR) is 98.5 cm³/mol. The van der Waals surface area contributed by atoms with E-state index in [-0.39, 0.29) is 19.4 Å². The second-order valence-electron chi connectivity index (χ2n) is 6.01. The summed E-state index contributed by atoms with van der Waals surface area (Å²) in [5.41, 5.74) is 0. The van der Waals surface area contributed by atoms with Crippen LogP contribution in [0.15, 0.2) is 0 Å². The maximum absolute atomic E-state index is 12.2. The Morgan fingerprint density at radius 2 is 1.21 bits per heavy atom. The Balaban J connectivity index is 3.56. The maximum Gasteiger partial charge on any atom is 0.341 e. The zero-order valence-corrected chi connectivity index (χ0v) is 16.8. The van der Waals surface area contributed by atoms with Crippen LogP contribution in [0.4, 0.5) is 0 Å². The fourth-order valence-corrected chi connectivity index (χ4v) is 3.95. The van der Waals surface area contributed by atoms with E-state index >= 15 is 0 Å². The average Bonchev–Trinajstić information content (AvgIpc) is 2.52. The van der Waals surface area contributed by atoms with Gasteiger partial charge in [0.1, 0.15) is 6.16 Å². The van der Waals surface area contributed by atoms with Crippen LogP contribution in [0.1, 0.15) is 85.0 Å². The van der Waals surface area contributed by atoms with Crippen molar-refractivity contribution in [1.82, 2.24) is 0 Å². The van der Waals surface area contributed by atoms with Gasteiger partial charge in [0.2, 0.25) is 0 Å². The molecule has 144 valence electrons. The molecule has 0 unspecified atom stereocenters. The zero-order chi connectivity index (χ0) is 18.1. The van der Waals surface area contributed by atoms with Crippen LogP contribution in [0.5, 0.6) is 0 Å². The lowest BCUT2D eigenvalue weighted by Crippen LogP contribution is -2.14. The Morgan fingerprint density at radius 3 is 1.67 bits per heavy atom. The van der Waals surface area contributed by atoms with Crippen LogP contribution in [0.2, 0.25) is 0 Å². The summed E-state index contributed by atoms with van der Waals surface area (Å²) in [6.07, 6.45) is 12.1. The normalized spacial score (nSPS) is 11.6. The Bertz CT molecular complexity index is 336. The molecule has 0 aromatic carbocycles. The average molecular weight is 364 g/mol. The van der Waals surface area contributed by atoms with Crippen molar-refractivity contribution in [2.45, 2.75) is 85.0 Å². The molecule has 0 fully saturated rings. The molecule has 0 aromatic rings. The number of unbranched alkanes of at least 4 members (excludes halogenated alkanes) is 9. The third-order valence-electron chi connectivity index (χ3n) is 3.74. The summed E-state index contributed by atoms with van der Waals surface area (Å²) in [6.45, 7) is 6.57. The topological polar surface area (TPSA) is 61.8 Å². The van der Waals surface area contributed by atoms with Gasteiger partial charge < -0.3 is 13.8 Å². The number of carbonyl (C=O) groups is 1. The summed E-state index contributed by atoms with van der Waals surface area (Å²) in [7, 11) is -3.33. The first-order chi connectivity index (χ1) is 11.6. The third-order valence-corrected chi connectivity index (χ3v) is 5.68. The van der Waals surface area contributed by atoms with Gasteiger partial charge in [0.15, 0.2) is 0 Å². The molecule has 0 aromatic heterocycles. The number of carbonyl (C=O) groups excluding carboxylic acids is 1. The first-order valence-electron chi connectivity index (χ1n) is 9.61. The monoisotopic (exact) mass is 364 g/mol. The molecule has 5 nitrogen and oxygen atoms in total. The van der Waals surface area contributed by atoms with Crippen LogP contribution in [0, 0.1) is 0 Å². The largest absolute Gasteiger partial charge is 0.465 e. The first-order valence-corrected chi connectivity index (χ1v) is 11.3. The van der Waals surface area contributed by atoms with Gasteiger partial charge >= 0.3 is 13.6 Å². The molecule has 0 saturated heterocycles. The van der Waals surface area contributed by atoms with Gasteiger partial charge in [-0.3, -0.25) is 9.36 Å². The smallest absolute Gasteiger partial charge is 0.341 e. The summed E-state index contributed by atoms with van der Waals surface area (Å²) >= 11 is 0. The van der Waals surface area contributed by atoms with Crippen LogP contribution in [0.25, 0.3) is 0 Å². The molecule has 0 radical (unpaired) electrons. The van der Waals surface area contributed by atoms with Crippen LogP contribution < -0.4 is 0 Å². The highest BCUT2D eigenvalue weighted by atomic mass is 31.2. The van der Waals surface area contributed by atoms with Crippen LogP contribution in [-0.2, 0) is 23.1 Å². The second kappa shape index (κ2) is 16.1. The molecule has 0 amide bonds. The van der Waals surface area contributed by atoms with E-state index in [1.165, 1.54) is 51.4 Å². The lowest BCUT2D eigenvalue weighted by Gasteiger charge is -2.16. The Kier molecular flexibility index (Phi) is 15.9. The highest BCUT2D eigenvalue weighted by Gasteiger charge is 2.28. The molecule has 0 saturated carbocycles. The standard InChI is InChI=1S/C18H37O5P/c1-4-7-8-9-10-11-12-13-14-15-16-21-18(19)17-24(20,22-5-2)23-6-3/h4-17H2,1-3H3. The Morgan fingerprint density at radius 1 is 0.750 bits per heavy atom. The van der Waals surface area contributed by atoms with Crippen LogP contribution >= 0.6 is 7.60 Å². The highest BCUT2D eigenvalue weighted by molar-refractivity contribution is 7.54. The molecule has 0 N–H and O–H groups in total. The zero-order valence-electron chi connectivity index (χ0n) is 15.9. The molecular formula is C18H37O5P. The van der Waals surface area contributed by atoms with Crippen molar-refractivity contribution in [1.29, 1.82) is 0 Å². The predicted octanol–water partition coefficient (Wildman–Crippen LogP) is 5.72. The van der Waals surface area contributed by atoms with E-state index in [0.717, 1.165) is 12.8 Å². The molecule has 0 aliphatic carbocycles. The minimum atomic E-state index is -3.33. The number of hydrogen-bond acceptors (Lipinski definition) is 5. The van der Waals surface area contributed by atoms with E-state index in [1.54, 1.807) is 13.8 Å².